The molecule has 3 aromatic carbocycles. The molecule has 0 aliphatic carbocycles. The van der Waals surface area contributed by atoms with Crippen molar-refractivity contribution in [2.75, 3.05) is 4.90 Å². The summed E-state index contributed by atoms with van der Waals surface area (Å²) in [6.45, 7) is 0. The Labute approximate surface area is 190 Å². The summed E-state index contributed by atoms with van der Waals surface area (Å²) in [7, 11) is 0. The second kappa shape index (κ2) is 7.76. The van der Waals surface area contributed by atoms with Crippen molar-refractivity contribution in [1.29, 1.82) is 0 Å². The van der Waals surface area contributed by atoms with Crippen molar-refractivity contribution in [3.05, 3.63) is 100 Å². The van der Waals surface area contributed by atoms with Crippen LogP contribution in [0.4, 0.5) is 5.13 Å². The van der Waals surface area contributed by atoms with Crippen LogP contribution in [0.25, 0.3) is 16.0 Å². The van der Waals surface area contributed by atoms with Crippen LogP contribution in [0.3, 0.4) is 0 Å². The normalized spacial score (nSPS) is 18.1. The number of halogens is 1. The van der Waals surface area contributed by atoms with Gasteiger partial charge in [0.05, 0.1) is 21.8 Å². The Kier molecular flexibility index (Phi) is 4.92. The van der Waals surface area contributed by atoms with Crippen LogP contribution in [0, 0.1) is 0 Å². The van der Waals surface area contributed by atoms with E-state index in [1.807, 2.05) is 54.6 Å². The molecule has 1 atom stereocenters. The van der Waals surface area contributed by atoms with E-state index in [-0.39, 0.29) is 11.3 Å². The maximum absolute atomic E-state index is 13.2. The number of nitrogens with zero attached hydrogens (tertiary/aromatic N) is 2. The molecule has 5 rings (SSSR count). The lowest BCUT2D eigenvalue weighted by atomic mass is 9.95. The summed E-state index contributed by atoms with van der Waals surface area (Å²) in [5.74, 6) is -1.63. The number of hydrogen-bond acceptors (Lipinski definition) is 5. The van der Waals surface area contributed by atoms with E-state index in [2.05, 4.69) is 20.9 Å². The first-order valence-electron chi connectivity index (χ1n) is 9.52. The Bertz CT molecular complexity index is 1350. The molecule has 1 aliphatic heterocycles. The van der Waals surface area contributed by atoms with Crippen LogP contribution in [0.1, 0.15) is 17.2 Å². The summed E-state index contributed by atoms with van der Waals surface area (Å²) >= 11 is 4.78. The number of amides is 1. The minimum atomic E-state index is -0.773. The number of aliphatic hydroxyl groups is 1. The number of anilines is 1. The van der Waals surface area contributed by atoms with Crippen LogP contribution in [-0.2, 0) is 9.59 Å². The lowest BCUT2D eigenvalue weighted by Gasteiger charge is -2.22. The number of carbonyl (C=O) groups excluding carboxylic acids is 2. The fourth-order valence-corrected chi connectivity index (χ4v) is 5.27. The summed E-state index contributed by atoms with van der Waals surface area (Å²) in [5, 5.41) is 11.5. The average molecular weight is 491 g/mol. The third-order valence-corrected chi connectivity index (χ3v) is 6.66. The molecule has 1 aromatic heterocycles. The minimum absolute atomic E-state index is 0.0582. The van der Waals surface area contributed by atoms with E-state index in [0.717, 1.165) is 20.3 Å². The number of rotatable bonds is 3. The molecule has 2 heterocycles. The van der Waals surface area contributed by atoms with E-state index in [4.69, 9.17) is 0 Å². The monoisotopic (exact) mass is 490 g/mol. The van der Waals surface area contributed by atoms with Gasteiger partial charge < -0.3 is 5.11 Å². The number of aliphatic hydroxyl groups excluding tert-OH is 1. The Hall–Kier alpha value is -3.29. The average Bonchev–Trinajstić information content (AvgIpc) is 3.32. The van der Waals surface area contributed by atoms with Crippen molar-refractivity contribution in [3.8, 4) is 0 Å². The number of benzene rings is 3. The van der Waals surface area contributed by atoms with Gasteiger partial charge in [-0.25, -0.2) is 4.98 Å². The standard InChI is InChI=1S/C24H15BrN2O3S/c25-16-11-12-17-18(13-16)31-24(26-17)27-20(14-7-3-1-4-8-14)19(22(29)23(27)30)21(28)15-9-5-2-6-10-15/h1-13,20,28H/b21-19+/t20-/m0/s1. The molecule has 0 radical (unpaired) electrons. The molecule has 1 N–H and O–H groups in total. The zero-order valence-electron chi connectivity index (χ0n) is 16.0. The maximum Gasteiger partial charge on any atom is 0.301 e. The number of aromatic nitrogens is 1. The maximum atomic E-state index is 13.2. The van der Waals surface area contributed by atoms with Crippen LogP contribution in [0.5, 0.6) is 0 Å². The first-order chi connectivity index (χ1) is 15.0. The summed E-state index contributed by atoms with van der Waals surface area (Å²) in [5.41, 5.74) is 2.00. The van der Waals surface area contributed by atoms with E-state index in [1.54, 1.807) is 24.3 Å². The third-order valence-electron chi connectivity index (χ3n) is 5.15. The van der Waals surface area contributed by atoms with Crippen LogP contribution in [0.15, 0.2) is 88.9 Å². The van der Waals surface area contributed by atoms with Gasteiger partial charge in [-0.3, -0.25) is 14.5 Å². The number of ketones is 1. The molecular formula is C24H15BrN2O3S. The fraction of sp³-hybridized carbons (Fsp3) is 0.0417. The Balaban J connectivity index is 1.73. The Morgan fingerprint density at radius 3 is 2.35 bits per heavy atom. The zero-order chi connectivity index (χ0) is 21.5. The molecule has 31 heavy (non-hydrogen) atoms. The van der Waals surface area contributed by atoms with Crippen molar-refractivity contribution in [2.24, 2.45) is 0 Å². The van der Waals surface area contributed by atoms with Gasteiger partial charge in [-0.15, -0.1) is 0 Å². The second-order valence-corrected chi connectivity index (χ2v) is 8.98. The molecule has 1 aliphatic rings. The molecule has 0 spiro atoms. The predicted molar refractivity (Wildman–Crippen MR) is 125 cm³/mol. The molecular weight excluding hydrogens is 476 g/mol. The van der Waals surface area contributed by atoms with Gasteiger partial charge in [0.15, 0.2) is 5.13 Å². The van der Waals surface area contributed by atoms with Crippen molar-refractivity contribution in [2.45, 2.75) is 6.04 Å². The topological polar surface area (TPSA) is 70.5 Å². The van der Waals surface area contributed by atoms with Gasteiger partial charge in [0.1, 0.15) is 5.76 Å². The van der Waals surface area contributed by atoms with E-state index in [1.165, 1.54) is 16.2 Å². The Morgan fingerprint density at radius 1 is 0.968 bits per heavy atom. The SMILES string of the molecule is O=C1C(=O)N(c2nc3ccc(Br)cc3s2)[C@@H](c2ccccc2)/C1=C(\O)c1ccccc1. The number of fused-ring (bicyclic) bond motifs is 1. The van der Waals surface area contributed by atoms with Gasteiger partial charge in [-0.1, -0.05) is 87.9 Å². The molecule has 7 heteroatoms. The van der Waals surface area contributed by atoms with Gasteiger partial charge >= 0.3 is 5.91 Å². The molecule has 5 nitrogen and oxygen atoms in total. The highest BCUT2D eigenvalue weighted by Gasteiger charge is 2.48. The first kappa shape index (κ1) is 19.7. The third kappa shape index (κ3) is 3.36. The molecule has 0 unspecified atom stereocenters. The molecule has 1 fully saturated rings. The second-order valence-electron chi connectivity index (χ2n) is 7.05. The quantitative estimate of drug-likeness (QED) is 0.227. The van der Waals surface area contributed by atoms with E-state index in [0.29, 0.717) is 10.7 Å². The van der Waals surface area contributed by atoms with E-state index < -0.39 is 17.7 Å². The van der Waals surface area contributed by atoms with Gasteiger partial charge in [-0.2, -0.15) is 0 Å². The number of Topliss-reactive ketones (excluding diaryl/α,β-unsaturated/α-hetero) is 1. The smallest absolute Gasteiger partial charge is 0.301 e. The fourth-order valence-electron chi connectivity index (χ4n) is 3.72. The zero-order valence-corrected chi connectivity index (χ0v) is 18.4. The molecule has 0 bridgehead atoms. The highest BCUT2D eigenvalue weighted by Crippen LogP contribution is 2.44. The van der Waals surface area contributed by atoms with E-state index >= 15 is 0 Å². The molecule has 1 amide bonds. The number of carbonyl (C=O) groups is 2. The largest absolute Gasteiger partial charge is 0.507 e. The first-order valence-corrected chi connectivity index (χ1v) is 11.1. The van der Waals surface area contributed by atoms with Crippen molar-refractivity contribution in [3.63, 3.8) is 0 Å². The van der Waals surface area contributed by atoms with Crippen LogP contribution < -0.4 is 4.90 Å². The van der Waals surface area contributed by atoms with Crippen molar-refractivity contribution < 1.29 is 14.7 Å². The van der Waals surface area contributed by atoms with Gasteiger partial charge in [0.2, 0.25) is 0 Å². The highest BCUT2D eigenvalue weighted by atomic mass is 79.9. The molecule has 152 valence electrons. The van der Waals surface area contributed by atoms with Crippen molar-refractivity contribution in [1.82, 2.24) is 4.98 Å². The van der Waals surface area contributed by atoms with Gasteiger partial charge in [-0.05, 0) is 23.8 Å². The Morgan fingerprint density at radius 2 is 1.65 bits per heavy atom. The summed E-state index contributed by atoms with van der Waals surface area (Å²) in [6.07, 6.45) is 0. The minimum Gasteiger partial charge on any atom is -0.507 e. The summed E-state index contributed by atoms with van der Waals surface area (Å²) < 4.78 is 1.79. The summed E-state index contributed by atoms with van der Waals surface area (Å²) in [4.78, 5) is 32.3. The van der Waals surface area contributed by atoms with Gasteiger partial charge in [0, 0.05) is 10.0 Å². The van der Waals surface area contributed by atoms with Crippen molar-refractivity contribution >= 4 is 60.1 Å². The molecule has 1 saturated heterocycles. The molecule has 4 aromatic rings. The number of hydrogen-bond donors (Lipinski definition) is 1. The van der Waals surface area contributed by atoms with Crippen LogP contribution in [-0.4, -0.2) is 21.8 Å². The van der Waals surface area contributed by atoms with Crippen LogP contribution in [0.2, 0.25) is 0 Å². The molecule has 0 saturated carbocycles. The highest BCUT2D eigenvalue weighted by molar-refractivity contribution is 9.10. The van der Waals surface area contributed by atoms with Gasteiger partial charge in [0.25, 0.3) is 5.78 Å². The van der Waals surface area contributed by atoms with E-state index in [9.17, 15) is 14.7 Å². The summed E-state index contributed by atoms with van der Waals surface area (Å²) in [6, 6.07) is 22.9. The lowest BCUT2D eigenvalue weighted by molar-refractivity contribution is -0.132. The lowest BCUT2D eigenvalue weighted by Crippen LogP contribution is -2.29. The predicted octanol–water partition coefficient (Wildman–Crippen LogP) is 5.69. The van der Waals surface area contributed by atoms with Crippen LogP contribution >= 0.6 is 27.3 Å². The number of thiazole rings is 1.